The van der Waals surface area contributed by atoms with E-state index in [1.54, 1.807) is 0 Å². The van der Waals surface area contributed by atoms with Gasteiger partial charge < -0.3 is 5.11 Å². The molecule has 0 spiro atoms. The van der Waals surface area contributed by atoms with Crippen LogP contribution in [0.4, 0.5) is 0 Å². The summed E-state index contributed by atoms with van der Waals surface area (Å²) in [6.07, 6.45) is 3.52. The molecule has 1 aromatic rings. The first kappa shape index (κ1) is 14.3. The highest BCUT2D eigenvalue weighted by molar-refractivity contribution is 14.1. The predicted molar refractivity (Wildman–Crippen MR) is 84.4 cm³/mol. The highest BCUT2D eigenvalue weighted by Gasteiger charge is 2.37. The summed E-state index contributed by atoms with van der Waals surface area (Å²) in [4.78, 5) is 0. The standard InChI is InChI=1S/C16H23IO/c1-11-4-5-14(10-12(11)2)16(3,18)13-6-8-15(17)9-7-13/h6-9,11-12,14,18H,4-5,10H2,1-3H3. The summed E-state index contributed by atoms with van der Waals surface area (Å²) in [6.45, 7) is 6.64. The van der Waals surface area contributed by atoms with Gasteiger partial charge in [-0.1, -0.05) is 32.4 Å². The fourth-order valence-electron chi connectivity index (χ4n) is 3.08. The lowest BCUT2D eigenvalue weighted by atomic mass is 9.68. The number of hydrogen-bond acceptors (Lipinski definition) is 1. The van der Waals surface area contributed by atoms with Crippen LogP contribution in [0.2, 0.25) is 0 Å². The van der Waals surface area contributed by atoms with Gasteiger partial charge in [-0.05, 0) is 77.8 Å². The maximum atomic E-state index is 10.9. The zero-order valence-electron chi connectivity index (χ0n) is 11.5. The lowest BCUT2D eigenvalue weighted by Gasteiger charge is -2.40. The van der Waals surface area contributed by atoms with E-state index in [-0.39, 0.29) is 0 Å². The van der Waals surface area contributed by atoms with E-state index in [9.17, 15) is 5.11 Å². The molecule has 0 bridgehead atoms. The summed E-state index contributed by atoms with van der Waals surface area (Å²) in [7, 11) is 0. The van der Waals surface area contributed by atoms with Gasteiger partial charge in [0.25, 0.3) is 0 Å². The van der Waals surface area contributed by atoms with Gasteiger partial charge in [-0.3, -0.25) is 0 Å². The van der Waals surface area contributed by atoms with E-state index in [1.807, 2.05) is 6.92 Å². The highest BCUT2D eigenvalue weighted by atomic mass is 127. The molecule has 0 saturated heterocycles. The fraction of sp³-hybridized carbons (Fsp3) is 0.625. The molecule has 2 heteroatoms. The summed E-state index contributed by atoms with van der Waals surface area (Å²) in [5, 5.41) is 10.9. The maximum absolute atomic E-state index is 10.9. The molecule has 1 fully saturated rings. The van der Waals surface area contributed by atoms with Gasteiger partial charge in [-0.25, -0.2) is 0 Å². The number of halogens is 1. The van der Waals surface area contributed by atoms with Gasteiger partial charge in [0.2, 0.25) is 0 Å². The van der Waals surface area contributed by atoms with Gasteiger partial charge in [0, 0.05) is 3.57 Å². The van der Waals surface area contributed by atoms with Gasteiger partial charge >= 0.3 is 0 Å². The minimum atomic E-state index is -0.682. The number of hydrogen-bond donors (Lipinski definition) is 1. The molecule has 0 radical (unpaired) electrons. The van der Waals surface area contributed by atoms with E-state index in [0.29, 0.717) is 5.92 Å². The van der Waals surface area contributed by atoms with Gasteiger partial charge in [0.15, 0.2) is 0 Å². The molecule has 1 saturated carbocycles. The molecule has 1 nitrogen and oxygen atoms in total. The monoisotopic (exact) mass is 358 g/mol. The molecule has 0 heterocycles. The maximum Gasteiger partial charge on any atom is 0.0896 e. The Kier molecular flexibility index (Phi) is 4.37. The third-order valence-corrected chi connectivity index (χ3v) is 5.54. The zero-order valence-corrected chi connectivity index (χ0v) is 13.6. The second-order valence-electron chi connectivity index (χ2n) is 6.12. The lowest BCUT2D eigenvalue weighted by Crippen LogP contribution is -2.36. The molecular weight excluding hydrogens is 335 g/mol. The van der Waals surface area contributed by atoms with Crippen molar-refractivity contribution in [2.75, 3.05) is 0 Å². The molecular formula is C16H23IO. The van der Waals surface area contributed by atoms with Crippen molar-refractivity contribution in [2.24, 2.45) is 17.8 Å². The van der Waals surface area contributed by atoms with Crippen LogP contribution >= 0.6 is 22.6 Å². The Morgan fingerprint density at radius 2 is 1.72 bits per heavy atom. The predicted octanol–water partition coefficient (Wildman–Crippen LogP) is 4.57. The van der Waals surface area contributed by atoms with Crippen LogP contribution in [-0.2, 0) is 5.60 Å². The van der Waals surface area contributed by atoms with Gasteiger partial charge in [0.05, 0.1) is 5.60 Å². The van der Waals surface area contributed by atoms with Gasteiger partial charge in [0.1, 0.15) is 0 Å². The topological polar surface area (TPSA) is 20.2 Å². The van der Waals surface area contributed by atoms with Crippen molar-refractivity contribution in [1.82, 2.24) is 0 Å². The molecule has 1 N–H and O–H groups in total. The summed E-state index contributed by atoms with van der Waals surface area (Å²) in [5.41, 5.74) is 0.383. The van der Waals surface area contributed by atoms with Crippen LogP contribution in [0.3, 0.4) is 0 Å². The first-order valence-electron chi connectivity index (χ1n) is 6.89. The van der Waals surface area contributed by atoms with Crippen molar-refractivity contribution in [3.8, 4) is 0 Å². The molecule has 0 amide bonds. The Bertz CT molecular complexity index is 396. The van der Waals surface area contributed by atoms with Crippen molar-refractivity contribution in [2.45, 2.75) is 45.6 Å². The minimum Gasteiger partial charge on any atom is -0.385 e. The summed E-state index contributed by atoms with van der Waals surface area (Å²) < 4.78 is 1.22. The van der Waals surface area contributed by atoms with Crippen LogP contribution in [0.1, 0.15) is 45.6 Å². The molecule has 0 aliphatic heterocycles. The fourth-order valence-corrected chi connectivity index (χ4v) is 3.44. The minimum absolute atomic E-state index is 0.392. The van der Waals surface area contributed by atoms with Crippen LogP contribution < -0.4 is 0 Å². The lowest BCUT2D eigenvalue weighted by molar-refractivity contribution is -0.0371. The van der Waals surface area contributed by atoms with E-state index < -0.39 is 5.60 Å². The van der Waals surface area contributed by atoms with Crippen molar-refractivity contribution < 1.29 is 5.11 Å². The molecule has 4 atom stereocenters. The van der Waals surface area contributed by atoms with Crippen LogP contribution in [0.5, 0.6) is 0 Å². The van der Waals surface area contributed by atoms with Crippen molar-refractivity contribution in [3.63, 3.8) is 0 Å². The van der Waals surface area contributed by atoms with E-state index in [0.717, 1.165) is 30.2 Å². The van der Waals surface area contributed by atoms with Crippen LogP contribution in [0.15, 0.2) is 24.3 Å². The van der Waals surface area contributed by atoms with E-state index in [1.165, 1.54) is 9.99 Å². The first-order valence-corrected chi connectivity index (χ1v) is 7.97. The molecule has 1 aromatic carbocycles. The van der Waals surface area contributed by atoms with Gasteiger partial charge in [-0.15, -0.1) is 0 Å². The number of benzene rings is 1. The van der Waals surface area contributed by atoms with Crippen molar-refractivity contribution in [1.29, 1.82) is 0 Å². The second kappa shape index (κ2) is 5.49. The van der Waals surface area contributed by atoms with E-state index >= 15 is 0 Å². The van der Waals surface area contributed by atoms with Crippen LogP contribution in [0, 0.1) is 21.3 Å². The third kappa shape index (κ3) is 2.90. The zero-order chi connectivity index (χ0) is 13.3. The number of aliphatic hydroxyl groups is 1. The van der Waals surface area contributed by atoms with E-state index in [4.69, 9.17) is 0 Å². The second-order valence-corrected chi connectivity index (χ2v) is 7.36. The summed E-state index contributed by atoms with van der Waals surface area (Å²) in [5.74, 6) is 1.91. The Hall–Kier alpha value is -0.0900. The summed E-state index contributed by atoms with van der Waals surface area (Å²) in [6, 6.07) is 8.31. The first-order chi connectivity index (χ1) is 8.41. The molecule has 18 heavy (non-hydrogen) atoms. The van der Waals surface area contributed by atoms with Crippen LogP contribution in [0.25, 0.3) is 0 Å². The Morgan fingerprint density at radius 1 is 1.11 bits per heavy atom. The van der Waals surface area contributed by atoms with Gasteiger partial charge in [-0.2, -0.15) is 0 Å². The molecule has 100 valence electrons. The molecule has 0 aromatic heterocycles. The average molecular weight is 358 g/mol. The Labute approximate surface area is 124 Å². The highest BCUT2D eigenvalue weighted by Crippen LogP contribution is 2.43. The molecule has 4 unspecified atom stereocenters. The van der Waals surface area contributed by atoms with Crippen LogP contribution in [-0.4, -0.2) is 5.11 Å². The quantitative estimate of drug-likeness (QED) is 0.768. The Balaban J connectivity index is 2.17. The number of rotatable bonds is 2. The molecule has 2 rings (SSSR count). The molecule has 1 aliphatic rings. The van der Waals surface area contributed by atoms with Crippen molar-refractivity contribution in [3.05, 3.63) is 33.4 Å². The Morgan fingerprint density at radius 3 is 2.28 bits per heavy atom. The normalized spacial score (nSPS) is 31.9. The largest absolute Gasteiger partial charge is 0.385 e. The SMILES string of the molecule is CC1CCC(C(C)(O)c2ccc(I)cc2)CC1C. The smallest absolute Gasteiger partial charge is 0.0896 e. The summed E-state index contributed by atoms with van der Waals surface area (Å²) >= 11 is 2.30. The van der Waals surface area contributed by atoms with E-state index in [2.05, 4.69) is 60.7 Å². The molecule has 1 aliphatic carbocycles. The third-order valence-electron chi connectivity index (χ3n) is 4.82. The van der Waals surface area contributed by atoms with Crippen molar-refractivity contribution >= 4 is 22.6 Å². The average Bonchev–Trinajstić information content (AvgIpc) is 2.33.